The zero-order chi connectivity index (χ0) is 30.9. The van der Waals surface area contributed by atoms with Gasteiger partial charge in [0.15, 0.2) is 6.10 Å². The van der Waals surface area contributed by atoms with E-state index in [0.29, 0.717) is 26.2 Å². The van der Waals surface area contributed by atoms with Crippen LogP contribution in [0.3, 0.4) is 0 Å². The fourth-order valence-electron chi connectivity index (χ4n) is 5.63. The number of fused-ring (bicyclic) bond motifs is 1. The molecule has 5 rings (SSSR count). The van der Waals surface area contributed by atoms with Crippen LogP contribution >= 0.6 is 0 Å². The van der Waals surface area contributed by atoms with Crippen molar-refractivity contribution in [2.24, 2.45) is 0 Å². The molecule has 10 nitrogen and oxygen atoms in total. The molecular formula is C33H39NO9S. The van der Waals surface area contributed by atoms with Gasteiger partial charge in [-0.05, 0) is 23.1 Å². The first kappa shape index (κ1) is 32.2. The van der Waals surface area contributed by atoms with E-state index in [2.05, 4.69) is 0 Å². The Hall–Kier alpha value is -3.16. The summed E-state index contributed by atoms with van der Waals surface area (Å²) in [6, 6.07) is 29.0. The van der Waals surface area contributed by atoms with E-state index < -0.39 is 40.5 Å². The van der Waals surface area contributed by atoms with Crippen LogP contribution in [0.5, 0.6) is 0 Å². The summed E-state index contributed by atoms with van der Waals surface area (Å²) < 4.78 is 53.4. The SMILES string of the molecule is CC(=O)O[C@@H](COS(C)(=O)=O)[C@H]1C[C@@H]2[C@@H](OCc3ccccc3)[C@H](OCc3ccccc3)[C@@H](COCc3ccccc3)N2O1. The molecule has 2 fully saturated rings. The third kappa shape index (κ3) is 8.95. The van der Waals surface area contributed by atoms with Gasteiger partial charge in [0, 0.05) is 6.92 Å². The molecular weight excluding hydrogens is 586 g/mol. The van der Waals surface area contributed by atoms with Gasteiger partial charge in [-0.25, -0.2) is 0 Å². The summed E-state index contributed by atoms with van der Waals surface area (Å²) in [5.41, 5.74) is 3.07. The lowest BCUT2D eigenvalue weighted by molar-refractivity contribution is -0.220. The lowest BCUT2D eigenvalue weighted by Crippen LogP contribution is -2.44. The van der Waals surface area contributed by atoms with E-state index in [-0.39, 0.29) is 25.3 Å². The fraction of sp³-hybridized carbons (Fsp3) is 0.424. The predicted octanol–water partition coefficient (Wildman–Crippen LogP) is 4.04. The predicted molar refractivity (Wildman–Crippen MR) is 161 cm³/mol. The van der Waals surface area contributed by atoms with Crippen molar-refractivity contribution in [1.29, 1.82) is 0 Å². The van der Waals surface area contributed by atoms with Gasteiger partial charge < -0.3 is 18.9 Å². The molecule has 0 N–H and O–H groups in total. The summed E-state index contributed by atoms with van der Waals surface area (Å²) in [5.74, 6) is -0.563. The average molecular weight is 626 g/mol. The average Bonchev–Trinajstić information content (AvgIpc) is 3.56. The molecule has 0 aliphatic carbocycles. The van der Waals surface area contributed by atoms with E-state index in [9.17, 15) is 13.2 Å². The highest BCUT2D eigenvalue weighted by atomic mass is 32.2. The summed E-state index contributed by atoms with van der Waals surface area (Å²) >= 11 is 0. The number of carbonyl (C=O) groups is 1. The van der Waals surface area contributed by atoms with Crippen molar-refractivity contribution in [1.82, 2.24) is 5.06 Å². The smallest absolute Gasteiger partial charge is 0.303 e. The number of esters is 1. The molecule has 236 valence electrons. The molecule has 0 unspecified atom stereocenters. The van der Waals surface area contributed by atoms with Gasteiger partial charge in [0.2, 0.25) is 0 Å². The van der Waals surface area contributed by atoms with Crippen LogP contribution in [-0.2, 0) is 62.7 Å². The molecule has 0 amide bonds. The van der Waals surface area contributed by atoms with Crippen LogP contribution in [0.4, 0.5) is 0 Å². The number of nitrogens with zero attached hydrogens (tertiary/aromatic N) is 1. The molecule has 2 aliphatic rings. The summed E-state index contributed by atoms with van der Waals surface area (Å²) in [6.07, 6.45) is -1.11. The van der Waals surface area contributed by atoms with Crippen molar-refractivity contribution in [2.75, 3.05) is 19.5 Å². The Morgan fingerprint density at radius 3 is 1.89 bits per heavy atom. The monoisotopic (exact) mass is 625 g/mol. The Balaban J connectivity index is 1.39. The highest BCUT2D eigenvalue weighted by Gasteiger charge is 2.57. The van der Waals surface area contributed by atoms with Crippen molar-refractivity contribution in [3.8, 4) is 0 Å². The van der Waals surface area contributed by atoms with Gasteiger partial charge in [0.25, 0.3) is 10.1 Å². The van der Waals surface area contributed by atoms with Gasteiger partial charge in [-0.2, -0.15) is 13.5 Å². The van der Waals surface area contributed by atoms with Crippen LogP contribution in [0.15, 0.2) is 91.0 Å². The van der Waals surface area contributed by atoms with Crippen LogP contribution in [0.1, 0.15) is 30.0 Å². The van der Waals surface area contributed by atoms with Crippen molar-refractivity contribution in [3.63, 3.8) is 0 Å². The molecule has 0 bridgehead atoms. The summed E-state index contributed by atoms with van der Waals surface area (Å²) in [5, 5.41) is 1.83. The Labute approximate surface area is 258 Å². The first-order chi connectivity index (χ1) is 21.3. The molecule has 6 atom stereocenters. The normalized spacial score (nSPS) is 24.2. The van der Waals surface area contributed by atoms with E-state index in [0.717, 1.165) is 22.9 Å². The Kier molecular flexibility index (Phi) is 11.2. The van der Waals surface area contributed by atoms with Gasteiger partial charge in [-0.3, -0.25) is 13.8 Å². The molecule has 11 heteroatoms. The minimum atomic E-state index is -3.77. The third-order valence-corrected chi connectivity index (χ3v) is 8.18. The zero-order valence-electron chi connectivity index (χ0n) is 24.9. The second-order valence-corrected chi connectivity index (χ2v) is 12.7. The van der Waals surface area contributed by atoms with Crippen LogP contribution in [0, 0.1) is 0 Å². The highest BCUT2D eigenvalue weighted by Crippen LogP contribution is 2.40. The molecule has 44 heavy (non-hydrogen) atoms. The maximum absolute atomic E-state index is 12.0. The standard InChI is InChI=1S/C33H39NO9S/c1-24(35)42-31(23-41-44(2,36)37)30-18-28-32(39-20-26-14-8-4-9-15-26)33(40-21-27-16-10-5-11-17-27)29(34(28)43-30)22-38-19-25-12-6-3-7-13-25/h3-17,28-33H,18-23H2,1-2H3/t28-,29-,30-,31+,32-,33-/m1/s1. The second-order valence-electron chi connectivity index (χ2n) is 11.0. The quantitative estimate of drug-likeness (QED) is 0.181. The fourth-order valence-corrected chi connectivity index (χ4v) is 6.01. The van der Waals surface area contributed by atoms with Crippen LogP contribution < -0.4 is 0 Å². The molecule has 0 radical (unpaired) electrons. The van der Waals surface area contributed by atoms with Crippen molar-refractivity contribution < 1.29 is 41.2 Å². The van der Waals surface area contributed by atoms with Crippen LogP contribution in [-0.4, -0.2) is 75.4 Å². The zero-order valence-corrected chi connectivity index (χ0v) is 25.7. The van der Waals surface area contributed by atoms with E-state index in [1.54, 1.807) is 0 Å². The molecule has 2 heterocycles. The maximum Gasteiger partial charge on any atom is 0.303 e. The van der Waals surface area contributed by atoms with Crippen LogP contribution in [0.25, 0.3) is 0 Å². The Bertz CT molecular complexity index is 1430. The van der Waals surface area contributed by atoms with Gasteiger partial charge in [0.05, 0.1) is 44.8 Å². The van der Waals surface area contributed by atoms with E-state index in [4.69, 9.17) is 28.0 Å². The van der Waals surface area contributed by atoms with E-state index in [1.807, 2.05) is 96.1 Å². The van der Waals surface area contributed by atoms with Crippen molar-refractivity contribution in [3.05, 3.63) is 108 Å². The van der Waals surface area contributed by atoms with Gasteiger partial charge in [-0.15, -0.1) is 0 Å². The third-order valence-electron chi connectivity index (χ3n) is 7.62. The van der Waals surface area contributed by atoms with Gasteiger partial charge >= 0.3 is 5.97 Å². The van der Waals surface area contributed by atoms with Gasteiger partial charge in [-0.1, -0.05) is 91.0 Å². The number of hydroxylamine groups is 2. The highest BCUT2D eigenvalue weighted by molar-refractivity contribution is 7.85. The Morgan fingerprint density at radius 1 is 0.841 bits per heavy atom. The first-order valence-electron chi connectivity index (χ1n) is 14.7. The second kappa shape index (κ2) is 15.2. The molecule has 0 spiro atoms. The first-order valence-corrected chi connectivity index (χ1v) is 16.5. The van der Waals surface area contributed by atoms with Crippen molar-refractivity contribution in [2.45, 2.75) is 69.7 Å². The summed E-state index contributed by atoms with van der Waals surface area (Å²) in [4.78, 5) is 18.4. The molecule has 0 saturated carbocycles. The Morgan fingerprint density at radius 2 is 1.36 bits per heavy atom. The number of hydrogen-bond acceptors (Lipinski definition) is 10. The molecule has 0 aromatic heterocycles. The van der Waals surface area contributed by atoms with Gasteiger partial charge in [0.1, 0.15) is 24.9 Å². The molecule has 3 aromatic carbocycles. The number of hydrogen-bond donors (Lipinski definition) is 0. The largest absolute Gasteiger partial charge is 0.457 e. The lowest BCUT2D eigenvalue weighted by Gasteiger charge is -2.30. The van der Waals surface area contributed by atoms with Crippen molar-refractivity contribution >= 4 is 16.1 Å². The summed E-state index contributed by atoms with van der Waals surface area (Å²) in [7, 11) is -3.77. The van der Waals surface area contributed by atoms with E-state index >= 15 is 0 Å². The van der Waals surface area contributed by atoms with E-state index in [1.165, 1.54) is 6.92 Å². The number of benzene rings is 3. The minimum absolute atomic E-state index is 0.279. The molecule has 2 aliphatic heterocycles. The molecule has 2 saturated heterocycles. The lowest BCUT2D eigenvalue weighted by atomic mass is 10.00. The maximum atomic E-state index is 12.0. The minimum Gasteiger partial charge on any atom is -0.457 e. The number of ether oxygens (including phenoxy) is 4. The molecule has 3 aromatic rings. The number of rotatable bonds is 15. The van der Waals surface area contributed by atoms with Crippen LogP contribution in [0.2, 0.25) is 0 Å². The number of carbonyl (C=O) groups excluding carboxylic acids is 1. The topological polar surface area (TPSA) is 110 Å². The summed E-state index contributed by atoms with van der Waals surface area (Å²) in [6.45, 7) is 2.31.